The van der Waals surface area contributed by atoms with Crippen LogP contribution in [0.3, 0.4) is 0 Å². The van der Waals surface area contributed by atoms with Gasteiger partial charge in [-0.1, -0.05) is 48.6 Å². The molecule has 32 heavy (non-hydrogen) atoms. The summed E-state index contributed by atoms with van der Waals surface area (Å²) in [5.74, 6) is -6.09. The van der Waals surface area contributed by atoms with E-state index in [4.69, 9.17) is 18.9 Å². The van der Waals surface area contributed by atoms with Gasteiger partial charge in [-0.25, -0.2) is 4.79 Å². The number of benzene rings is 1. The molecule has 1 aromatic rings. The van der Waals surface area contributed by atoms with Crippen LogP contribution in [0.2, 0.25) is 0 Å². The first-order valence-electron chi connectivity index (χ1n) is 9.85. The summed E-state index contributed by atoms with van der Waals surface area (Å²) in [4.78, 5) is 51.7. The number of ether oxygens (including phenoxy) is 4. The number of carbonyl (C=O) groups is 4. The Bertz CT molecular complexity index is 1030. The minimum Gasteiger partial charge on any atom is -0.469 e. The third kappa shape index (κ3) is 3.51. The molecule has 0 saturated carbocycles. The molecule has 2 aliphatic carbocycles. The number of allylic oxidation sites excluding steroid dienone is 5. The summed E-state index contributed by atoms with van der Waals surface area (Å²) in [6, 6.07) is 6.80. The molecule has 0 saturated heterocycles. The smallest absolute Gasteiger partial charge is 0.330 e. The highest BCUT2D eigenvalue weighted by Crippen LogP contribution is 2.60. The molecule has 0 heterocycles. The first-order chi connectivity index (χ1) is 15.4. The molecule has 0 aliphatic heterocycles. The van der Waals surface area contributed by atoms with Crippen molar-refractivity contribution in [3.63, 3.8) is 0 Å². The summed E-state index contributed by atoms with van der Waals surface area (Å²) in [5, 5.41) is 0. The van der Waals surface area contributed by atoms with Gasteiger partial charge in [0.05, 0.1) is 46.2 Å². The van der Waals surface area contributed by atoms with E-state index in [2.05, 4.69) is 0 Å². The van der Waals surface area contributed by atoms with Gasteiger partial charge in [-0.2, -0.15) is 0 Å². The summed E-state index contributed by atoms with van der Waals surface area (Å²) < 4.78 is 20.1. The zero-order valence-corrected chi connectivity index (χ0v) is 18.2. The van der Waals surface area contributed by atoms with Gasteiger partial charge in [-0.05, 0) is 16.7 Å². The van der Waals surface area contributed by atoms with Crippen molar-refractivity contribution in [2.24, 2.45) is 11.3 Å². The first-order valence-corrected chi connectivity index (χ1v) is 9.85. The zero-order valence-electron chi connectivity index (χ0n) is 18.2. The maximum Gasteiger partial charge on any atom is 0.330 e. The van der Waals surface area contributed by atoms with E-state index >= 15 is 0 Å². The van der Waals surface area contributed by atoms with Crippen LogP contribution in [-0.4, -0.2) is 52.3 Å². The molecule has 0 radical (unpaired) electrons. The van der Waals surface area contributed by atoms with Gasteiger partial charge in [0.15, 0.2) is 0 Å². The maximum atomic E-state index is 13.3. The Labute approximate surface area is 185 Å². The van der Waals surface area contributed by atoms with E-state index in [0.717, 1.165) is 0 Å². The zero-order chi connectivity index (χ0) is 23.5. The normalized spacial score (nSPS) is 26.9. The summed E-state index contributed by atoms with van der Waals surface area (Å²) in [5.41, 5.74) is -0.223. The molecule has 3 rings (SSSR count). The molecule has 8 heteroatoms. The van der Waals surface area contributed by atoms with Gasteiger partial charge in [0, 0.05) is 11.5 Å². The minimum absolute atomic E-state index is 0.307. The quantitative estimate of drug-likeness (QED) is 0.399. The second-order valence-electron chi connectivity index (χ2n) is 7.36. The predicted molar refractivity (Wildman–Crippen MR) is 112 cm³/mol. The van der Waals surface area contributed by atoms with E-state index < -0.39 is 47.0 Å². The number of rotatable bonds is 4. The van der Waals surface area contributed by atoms with E-state index in [1.807, 2.05) is 0 Å². The molecular weight excluding hydrogens is 416 g/mol. The molecule has 0 amide bonds. The number of hydrogen-bond donors (Lipinski definition) is 0. The molecule has 2 aliphatic rings. The Morgan fingerprint density at radius 2 is 1.44 bits per heavy atom. The van der Waals surface area contributed by atoms with Crippen molar-refractivity contribution in [1.29, 1.82) is 0 Å². The lowest BCUT2D eigenvalue weighted by atomic mass is 9.50. The van der Waals surface area contributed by atoms with Gasteiger partial charge >= 0.3 is 23.9 Å². The molecule has 0 N–H and O–H groups in total. The molecule has 0 fully saturated rings. The van der Waals surface area contributed by atoms with Gasteiger partial charge in [0.1, 0.15) is 0 Å². The van der Waals surface area contributed by atoms with Crippen molar-refractivity contribution in [2.75, 3.05) is 28.4 Å². The third-order valence-electron chi connectivity index (χ3n) is 6.05. The predicted octanol–water partition coefficient (Wildman–Crippen LogP) is 2.21. The summed E-state index contributed by atoms with van der Waals surface area (Å²) >= 11 is 0. The largest absolute Gasteiger partial charge is 0.469 e. The van der Waals surface area contributed by atoms with E-state index in [-0.39, 0.29) is 0 Å². The Balaban J connectivity index is 2.48. The van der Waals surface area contributed by atoms with Crippen LogP contribution in [0.15, 0.2) is 60.2 Å². The van der Waals surface area contributed by atoms with Crippen LogP contribution in [-0.2, 0) is 38.1 Å². The number of hydrogen-bond acceptors (Lipinski definition) is 8. The monoisotopic (exact) mass is 440 g/mol. The lowest BCUT2D eigenvalue weighted by molar-refractivity contribution is -0.161. The van der Waals surface area contributed by atoms with E-state index in [1.54, 1.807) is 48.6 Å². The highest BCUT2D eigenvalue weighted by atomic mass is 16.5. The van der Waals surface area contributed by atoms with Crippen LogP contribution in [0.1, 0.15) is 23.0 Å². The molecule has 1 aromatic carbocycles. The van der Waals surface area contributed by atoms with Crippen LogP contribution >= 0.6 is 0 Å². The van der Waals surface area contributed by atoms with Crippen LogP contribution in [0.4, 0.5) is 0 Å². The molecule has 0 bridgehead atoms. The van der Waals surface area contributed by atoms with Crippen molar-refractivity contribution in [3.8, 4) is 0 Å². The fourth-order valence-electron chi connectivity index (χ4n) is 4.76. The number of fused-ring (bicyclic) bond motifs is 1. The maximum absolute atomic E-state index is 13.3. The first kappa shape index (κ1) is 23.0. The topological polar surface area (TPSA) is 105 Å². The fourth-order valence-corrected chi connectivity index (χ4v) is 4.76. The van der Waals surface area contributed by atoms with Gasteiger partial charge < -0.3 is 18.9 Å². The number of esters is 4. The molecular formula is C24H24O8. The van der Waals surface area contributed by atoms with Crippen LogP contribution in [0.25, 0.3) is 0 Å². The average molecular weight is 440 g/mol. The lowest BCUT2D eigenvalue weighted by Crippen LogP contribution is -2.52. The second kappa shape index (κ2) is 9.21. The molecule has 4 atom stereocenters. The molecule has 1 spiro atoms. The standard InChI is InChI=1S/C24H24O8/c1-29-17(25)13-14-9-7-8-12-24(14)19(22(27)31-3)16-11-6-5-10-15(16)18(21(26)30-2)20(24)23(28)32-4/h5-13,18-20H,1-4H3/b14-13-/t18-,19-,20+,24+/m0/s1. The molecule has 168 valence electrons. The summed E-state index contributed by atoms with van der Waals surface area (Å²) in [7, 11) is 4.88. The van der Waals surface area contributed by atoms with Crippen LogP contribution in [0, 0.1) is 11.3 Å². The average Bonchev–Trinajstić information content (AvgIpc) is 2.83. The Hall–Kier alpha value is -3.68. The highest BCUT2D eigenvalue weighted by molar-refractivity contribution is 5.94. The van der Waals surface area contributed by atoms with Crippen molar-refractivity contribution in [1.82, 2.24) is 0 Å². The Morgan fingerprint density at radius 3 is 2.03 bits per heavy atom. The van der Waals surface area contributed by atoms with Crippen molar-refractivity contribution >= 4 is 23.9 Å². The number of methoxy groups -OCH3 is 4. The van der Waals surface area contributed by atoms with Crippen molar-refractivity contribution in [3.05, 3.63) is 71.3 Å². The summed E-state index contributed by atoms with van der Waals surface area (Å²) in [6.45, 7) is 0. The molecule has 0 unspecified atom stereocenters. The van der Waals surface area contributed by atoms with Crippen LogP contribution in [0.5, 0.6) is 0 Å². The SMILES string of the molecule is COC(=O)/C=C1/C=CC=C[C@]12[C@H](C(=O)OC)c1ccccc1[C@H](C(=O)OC)[C@@H]2C(=O)OC. The fraction of sp³-hybridized carbons (Fsp3) is 0.333. The van der Waals surface area contributed by atoms with E-state index in [1.165, 1.54) is 34.5 Å². The van der Waals surface area contributed by atoms with E-state index in [0.29, 0.717) is 16.7 Å². The lowest BCUT2D eigenvalue weighted by Gasteiger charge is -2.50. The van der Waals surface area contributed by atoms with Gasteiger partial charge in [0.25, 0.3) is 0 Å². The minimum atomic E-state index is -1.48. The summed E-state index contributed by atoms with van der Waals surface area (Å²) in [6.07, 6.45) is 7.76. The second-order valence-corrected chi connectivity index (χ2v) is 7.36. The van der Waals surface area contributed by atoms with Crippen molar-refractivity contribution < 1.29 is 38.1 Å². The Kier molecular flexibility index (Phi) is 6.62. The van der Waals surface area contributed by atoms with Gasteiger partial charge in [-0.15, -0.1) is 0 Å². The molecule has 8 nitrogen and oxygen atoms in total. The van der Waals surface area contributed by atoms with E-state index in [9.17, 15) is 19.2 Å². The molecule has 0 aromatic heterocycles. The van der Waals surface area contributed by atoms with Crippen LogP contribution < -0.4 is 0 Å². The Morgan fingerprint density at radius 1 is 0.812 bits per heavy atom. The van der Waals surface area contributed by atoms with Gasteiger partial charge in [0.2, 0.25) is 0 Å². The van der Waals surface area contributed by atoms with Crippen molar-refractivity contribution in [2.45, 2.75) is 11.8 Å². The van der Waals surface area contributed by atoms with Gasteiger partial charge in [-0.3, -0.25) is 14.4 Å². The highest BCUT2D eigenvalue weighted by Gasteiger charge is 2.62. The third-order valence-corrected chi connectivity index (χ3v) is 6.05. The number of carbonyl (C=O) groups excluding carboxylic acids is 4.